The zero-order valence-electron chi connectivity index (χ0n) is 16.8. The molecule has 1 fully saturated rings. The molecule has 0 aliphatic heterocycles. The van der Waals surface area contributed by atoms with Gasteiger partial charge in [0.15, 0.2) is 0 Å². The van der Waals surface area contributed by atoms with Crippen molar-refractivity contribution in [2.24, 2.45) is 0 Å². The molecular formula is C24H25NO4S. The van der Waals surface area contributed by atoms with Crippen LogP contribution in [0.1, 0.15) is 24.8 Å². The Bertz CT molecular complexity index is 1190. The zero-order chi connectivity index (χ0) is 20.9. The van der Waals surface area contributed by atoms with Crippen LogP contribution in [0.5, 0.6) is 0 Å². The topological polar surface area (TPSA) is 75.6 Å². The number of aliphatic hydroxyl groups excluding tert-OH is 1. The Balaban J connectivity index is 1.46. The van der Waals surface area contributed by atoms with Gasteiger partial charge in [-0.15, -0.1) is 0 Å². The molecule has 6 heteroatoms. The van der Waals surface area contributed by atoms with Gasteiger partial charge in [-0.2, -0.15) is 8.42 Å². The van der Waals surface area contributed by atoms with Gasteiger partial charge in [0.25, 0.3) is 10.1 Å². The van der Waals surface area contributed by atoms with E-state index in [4.69, 9.17) is 4.18 Å². The summed E-state index contributed by atoms with van der Waals surface area (Å²) in [6, 6.07) is 18.7. The van der Waals surface area contributed by atoms with Gasteiger partial charge in [-0.25, -0.2) is 0 Å². The molecule has 0 aromatic heterocycles. The standard InChI is InChI=1S/C24H25NO4S/c1-30(27,28)29-22-11-5-10-21(26)24(22)25-14-15-12-13-20-18-7-3-2-6-17(18)19-9-4-8-16(15)23(19)20/h2-4,6-9,12-13,21-22,24-26H,5,10-11,14H2,1H3/t21-,22+,24+/m1/s1. The van der Waals surface area contributed by atoms with Crippen molar-refractivity contribution in [3.8, 4) is 22.3 Å². The molecule has 3 aromatic carbocycles. The Morgan fingerprint density at radius 3 is 2.40 bits per heavy atom. The fourth-order valence-corrected chi connectivity index (χ4v) is 5.65. The van der Waals surface area contributed by atoms with Crippen LogP contribution in [-0.4, -0.2) is 38.0 Å². The number of hydrogen-bond acceptors (Lipinski definition) is 5. The lowest BCUT2D eigenvalue weighted by atomic mass is 9.89. The number of hydrogen-bond donors (Lipinski definition) is 2. The quantitative estimate of drug-likeness (QED) is 0.477. The summed E-state index contributed by atoms with van der Waals surface area (Å²) in [7, 11) is -3.58. The molecule has 3 aromatic rings. The maximum atomic E-state index is 11.7. The fraction of sp³-hybridized carbons (Fsp3) is 0.333. The van der Waals surface area contributed by atoms with E-state index < -0.39 is 28.4 Å². The molecule has 30 heavy (non-hydrogen) atoms. The van der Waals surface area contributed by atoms with Crippen molar-refractivity contribution in [1.29, 1.82) is 0 Å². The van der Waals surface area contributed by atoms with Crippen LogP contribution in [0, 0.1) is 0 Å². The molecule has 156 valence electrons. The van der Waals surface area contributed by atoms with Gasteiger partial charge >= 0.3 is 0 Å². The Morgan fingerprint density at radius 2 is 1.67 bits per heavy atom. The molecule has 0 bridgehead atoms. The minimum Gasteiger partial charge on any atom is -0.391 e. The van der Waals surface area contributed by atoms with Crippen molar-refractivity contribution < 1.29 is 17.7 Å². The van der Waals surface area contributed by atoms with Gasteiger partial charge in [-0.3, -0.25) is 4.18 Å². The van der Waals surface area contributed by atoms with E-state index in [9.17, 15) is 13.5 Å². The molecule has 1 saturated carbocycles. The minimum atomic E-state index is -3.58. The summed E-state index contributed by atoms with van der Waals surface area (Å²) in [5.41, 5.74) is 6.13. The Kier molecular flexibility index (Phi) is 4.90. The first kappa shape index (κ1) is 19.7. The summed E-state index contributed by atoms with van der Waals surface area (Å²) in [4.78, 5) is 0. The average molecular weight is 424 g/mol. The van der Waals surface area contributed by atoms with Crippen LogP contribution in [-0.2, 0) is 20.8 Å². The summed E-state index contributed by atoms with van der Waals surface area (Å²) in [6.07, 6.45) is 1.88. The lowest BCUT2D eigenvalue weighted by Gasteiger charge is -2.35. The number of fused-ring (bicyclic) bond motifs is 3. The van der Waals surface area contributed by atoms with Crippen molar-refractivity contribution >= 4 is 20.9 Å². The second-order valence-electron chi connectivity index (χ2n) is 8.29. The van der Waals surface area contributed by atoms with Crippen LogP contribution in [0.4, 0.5) is 0 Å². The van der Waals surface area contributed by atoms with E-state index in [-0.39, 0.29) is 0 Å². The van der Waals surface area contributed by atoms with Gasteiger partial charge in [-0.05, 0) is 57.9 Å². The first-order valence-corrected chi connectivity index (χ1v) is 12.2. The van der Waals surface area contributed by atoms with Gasteiger partial charge in [0, 0.05) is 6.54 Å². The van der Waals surface area contributed by atoms with Gasteiger partial charge in [0.2, 0.25) is 0 Å². The molecule has 0 spiro atoms. The monoisotopic (exact) mass is 423 g/mol. The van der Waals surface area contributed by atoms with E-state index in [1.807, 2.05) is 0 Å². The van der Waals surface area contributed by atoms with Crippen LogP contribution < -0.4 is 5.32 Å². The molecule has 0 heterocycles. The molecule has 2 aliphatic rings. The molecule has 0 saturated heterocycles. The lowest BCUT2D eigenvalue weighted by Crippen LogP contribution is -2.52. The van der Waals surface area contributed by atoms with Crippen molar-refractivity contribution in [2.75, 3.05) is 6.26 Å². The molecule has 2 N–H and O–H groups in total. The van der Waals surface area contributed by atoms with Gasteiger partial charge in [0.1, 0.15) is 0 Å². The van der Waals surface area contributed by atoms with Crippen molar-refractivity contribution in [1.82, 2.24) is 5.32 Å². The molecule has 0 amide bonds. The summed E-state index contributed by atoms with van der Waals surface area (Å²) in [5, 5.41) is 16.3. The van der Waals surface area contributed by atoms with E-state index >= 15 is 0 Å². The Labute approximate surface area is 176 Å². The molecule has 0 radical (unpaired) electrons. The zero-order valence-corrected chi connectivity index (χ0v) is 17.7. The normalized spacial score (nSPS) is 22.9. The molecular weight excluding hydrogens is 398 g/mol. The van der Waals surface area contributed by atoms with Crippen molar-refractivity contribution in [2.45, 2.75) is 44.1 Å². The Hall–Kier alpha value is -2.25. The summed E-state index contributed by atoms with van der Waals surface area (Å²) in [5.74, 6) is 0. The predicted octanol–water partition coefficient (Wildman–Crippen LogP) is 3.84. The summed E-state index contributed by atoms with van der Waals surface area (Å²) in [6.45, 7) is 0.530. The van der Waals surface area contributed by atoms with E-state index in [0.717, 1.165) is 18.2 Å². The number of nitrogens with one attached hydrogen (secondary N) is 1. The van der Waals surface area contributed by atoms with E-state index in [0.29, 0.717) is 19.4 Å². The highest BCUT2D eigenvalue weighted by Gasteiger charge is 2.35. The third kappa shape index (κ3) is 3.44. The lowest BCUT2D eigenvalue weighted by molar-refractivity contribution is 0.0166. The maximum Gasteiger partial charge on any atom is 0.264 e. The Morgan fingerprint density at radius 1 is 0.967 bits per heavy atom. The number of aliphatic hydroxyl groups is 1. The third-order valence-corrected chi connectivity index (χ3v) is 6.87. The first-order chi connectivity index (χ1) is 14.4. The van der Waals surface area contributed by atoms with Gasteiger partial charge in [0.05, 0.1) is 24.5 Å². The van der Waals surface area contributed by atoms with E-state index in [2.05, 4.69) is 59.9 Å². The maximum absolute atomic E-state index is 11.7. The van der Waals surface area contributed by atoms with Crippen molar-refractivity contribution in [3.63, 3.8) is 0 Å². The second-order valence-corrected chi connectivity index (χ2v) is 9.89. The first-order valence-electron chi connectivity index (χ1n) is 10.4. The largest absolute Gasteiger partial charge is 0.391 e. The summed E-state index contributed by atoms with van der Waals surface area (Å²) >= 11 is 0. The fourth-order valence-electron chi connectivity index (χ4n) is 4.99. The smallest absolute Gasteiger partial charge is 0.264 e. The van der Waals surface area contributed by atoms with E-state index in [1.54, 1.807) is 0 Å². The van der Waals surface area contributed by atoms with Crippen LogP contribution in [0.2, 0.25) is 0 Å². The van der Waals surface area contributed by atoms with Crippen LogP contribution >= 0.6 is 0 Å². The third-order valence-electron chi connectivity index (χ3n) is 6.27. The van der Waals surface area contributed by atoms with Crippen LogP contribution in [0.25, 0.3) is 33.0 Å². The number of benzene rings is 3. The van der Waals surface area contributed by atoms with Crippen LogP contribution in [0.3, 0.4) is 0 Å². The van der Waals surface area contributed by atoms with Crippen LogP contribution in [0.15, 0.2) is 54.6 Å². The predicted molar refractivity (Wildman–Crippen MR) is 119 cm³/mol. The highest BCUT2D eigenvalue weighted by atomic mass is 32.2. The SMILES string of the molecule is CS(=O)(=O)O[C@H]1CCC[C@@H](O)[C@@H]1NCc1ccc2c3c(cccc13)-c1ccccc1-2. The minimum absolute atomic E-state index is 0.422. The van der Waals surface area contributed by atoms with Gasteiger partial charge < -0.3 is 10.4 Å². The van der Waals surface area contributed by atoms with Crippen molar-refractivity contribution in [3.05, 3.63) is 60.2 Å². The summed E-state index contributed by atoms with van der Waals surface area (Å²) < 4.78 is 28.6. The molecule has 5 rings (SSSR count). The average Bonchev–Trinajstić information content (AvgIpc) is 3.04. The van der Waals surface area contributed by atoms with Gasteiger partial charge in [-0.1, -0.05) is 54.6 Å². The molecule has 2 aliphatic carbocycles. The molecule has 3 atom stereocenters. The highest BCUT2D eigenvalue weighted by molar-refractivity contribution is 7.86. The molecule has 5 nitrogen and oxygen atoms in total. The highest BCUT2D eigenvalue weighted by Crippen LogP contribution is 2.47. The second kappa shape index (κ2) is 7.46. The number of rotatable bonds is 5. The molecule has 0 unspecified atom stereocenters. The van der Waals surface area contributed by atoms with E-state index in [1.165, 1.54) is 33.0 Å².